The van der Waals surface area contributed by atoms with Crippen molar-refractivity contribution in [3.8, 4) is 0 Å². The highest BCUT2D eigenvalue weighted by atomic mass is 32.2. The minimum Gasteiger partial charge on any atom is -0.356 e. The lowest BCUT2D eigenvalue weighted by atomic mass is 10.1. The summed E-state index contributed by atoms with van der Waals surface area (Å²) in [6, 6.07) is 0. The second kappa shape index (κ2) is 4.77. The summed E-state index contributed by atoms with van der Waals surface area (Å²) in [5.74, 6) is 0.318. The number of carbonyl (C=O) groups excluding carboxylic acids is 1. The van der Waals surface area contributed by atoms with Crippen LogP contribution in [0.25, 0.3) is 0 Å². The minimum atomic E-state index is -2.92. The molecule has 0 spiro atoms. The van der Waals surface area contributed by atoms with Crippen LogP contribution < -0.4 is 5.32 Å². The molecule has 1 aliphatic rings. The summed E-state index contributed by atoms with van der Waals surface area (Å²) in [7, 11) is -2.92. The van der Waals surface area contributed by atoms with Crippen LogP contribution in [0.15, 0.2) is 0 Å². The molecular weight excluding hydrogens is 202 g/mol. The smallest absolute Gasteiger partial charge is 0.223 e. The van der Waals surface area contributed by atoms with Gasteiger partial charge in [-0.05, 0) is 19.3 Å². The molecule has 1 amide bonds. The zero-order valence-electron chi connectivity index (χ0n) is 8.45. The summed E-state index contributed by atoms with van der Waals surface area (Å²) >= 11 is 0. The van der Waals surface area contributed by atoms with Gasteiger partial charge < -0.3 is 5.32 Å². The van der Waals surface area contributed by atoms with Gasteiger partial charge in [-0.1, -0.05) is 6.92 Å². The normalized spacial score (nSPS) is 22.4. The van der Waals surface area contributed by atoms with E-state index < -0.39 is 9.84 Å². The molecule has 1 unspecified atom stereocenters. The number of hydrogen-bond donors (Lipinski definition) is 1. The van der Waals surface area contributed by atoms with Crippen molar-refractivity contribution in [2.45, 2.75) is 26.2 Å². The number of carbonyl (C=O) groups is 1. The molecule has 1 saturated heterocycles. The second-order valence-electron chi connectivity index (χ2n) is 3.72. The molecule has 0 radical (unpaired) electrons. The molecule has 0 saturated carbocycles. The molecule has 82 valence electrons. The monoisotopic (exact) mass is 219 g/mol. The topological polar surface area (TPSA) is 63.2 Å². The van der Waals surface area contributed by atoms with E-state index in [-0.39, 0.29) is 23.3 Å². The van der Waals surface area contributed by atoms with Crippen LogP contribution in [-0.2, 0) is 14.6 Å². The Morgan fingerprint density at radius 2 is 2.14 bits per heavy atom. The molecule has 0 aliphatic carbocycles. The van der Waals surface area contributed by atoms with E-state index in [9.17, 15) is 13.2 Å². The second-order valence-corrected chi connectivity index (χ2v) is 6.02. The van der Waals surface area contributed by atoms with Crippen molar-refractivity contribution in [3.05, 3.63) is 0 Å². The zero-order chi connectivity index (χ0) is 10.6. The van der Waals surface area contributed by atoms with Gasteiger partial charge in [-0.25, -0.2) is 8.42 Å². The molecule has 0 aromatic rings. The van der Waals surface area contributed by atoms with E-state index in [1.54, 1.807) is 0 Å². The third kappa shape index (κ3) is 3.29. The van der Waals surface area contributed by atoms with Gasteiger partial charge in [0, 0.05) is 18.2 Å². The van der Waals surface area contributed by atoms with Crippen molar-refractivity contribution >= 4 is 15.7 Å². The molecule has 0 bridgehead atoms. The Bertz CT molecular complexity index is 297. The first-order chi connectivity index (χ1) is 6.55. The first-order valence-electron chi connectivity index (χ1n) is 5.03. The lowest BCUT2D eigenvalue weighted by Crippen LogP contribution is -2.21. The van der Waals surface area contributed by atoms with Crippen LogP contribution >= 0.6 is 0 Å². The fraction of sp³-hybridized carbons (Fsp3) is 0.889. The fourth-order valence-corrected chi connectivity index (χ4v) is 3.13. The highest BCUT2D eigenvalue weighted by Crippen LogP contribution is 2.15. The third-order valence-electron chi connectivity index (χ3n) is 2.46. The zero-order valence-corrected chi connectivity index (χ0v) is 9.27. The van der Waals surface area contributed by atoms with Crippen molar-refractivity contribution in [1.82, 2.24) is 5.32 Å². The maximum atomic E-state index is 11.4. The molecule has 1 N–H and O–H groups in total. The average Bonchev–Trinajstić information content (AvgIpc) is 2.48. The third-order valence-corrected chi connectivity index (χ3v) is 4.34. The van der Waals surface area contributed by atoms with E-state index in [2.05, 4.69) is 5.32 Å². The van der Waals surface area contributed by atoms with E-state index in [0.717, 1.165) is 6.42 Å². The highest BCUT2D eigenvalue weighted by molar-refractivity contribution is 7.91. The van der Waals surface area contributed by atoms with Gasteiger partial charge in [0.05, 0.1) is 5.75 Å². The molecule has 1 fully saturated rings. The number of amides is 1. The molecule has 0 aromatic heterocycles. The van der Waals surface area contributed by atoms with Crippen molar-refractivity contribution < 1.29 is 13.2 Å². The van der Waals surface area contributed by atoms with Crippen LogP contribution in [0.3, 0.4) is 0 Å². The summed E-state index contributed by atoms with van der Waals surface area (Å²) in [6.07, 6.45) is 1.91. The summed E-state index contributed by atoms with van der Waals surface area (Å²) in [5.41, 5.74) is 0. The van der Waals surface area contributed by atoms with Crippen molar-refractivity contribution in [2.75, 3.05) is 18.1 Å². The van der Waals surface area contributed by atoms with E-state index >= 15 is 0 Å². The quantitative estimate of drug-likeness (QED) is 0.725. The molecule has 14 heavy (non-hydrogen) atoms. The van der Waals surface area contributed by atoms with Crippen LogP contribution in [-0.4, -0.2) is 32.4 Å². The molecule has 5 heteroatoms. The van der Waals surface area contributed by atoms with Gasteiger partial charge in [0.2, 0.25) is 5.91 Å². The van der Waals surface area contributed by atoms with Crippen LogP contribution in [0.4, 0.5) is 0 Å². The Balaban J connectivity index is 2.36. The first kappa shape index (κ1) is 11.5. The molecule has 1 heterocycles. The maximum absolute atomic E-state index is 11.4. The van der Waals surface area contributed by atoms with Crippen LogP contribution in [0.1, 0.15) is 26.2 Å². The van der Waals surface area contributed by atoms with Crippen molar-refractivity contribution in [1.29, 1.82) is 0 Å². The van der Waals surface area contributed by atoms with Crippen molar-refractivity contribution in [2.24, 2.45) is 5.92 Å². The van der Waals surface area contributed by atoms with E-state index in [4.69, 9.17) is 0 Å². The van der Waals surface area contributed by atoms with Gasteiger partial charge in [0.25, 0.3) is 0 Å². The molecule has 1 rings (SSSR count). The highest BCUT2D eigenvalue weighted by Gasteiger charge is 2.25. The fourth-order valence-electron chi connectivity index (χ4n) is 1.66. The summed E-state index contributed by atoms with van der Waals surface area (Å²) in [6.45, 7) is 2.54. The Morgan fingerprint density at radius 3 is 2.64 bits per heavy atom. The van der Waals surface area contributed by atoms with Crippen LogP contribution in [0, 0.1) is 5.92 Å². The standard InChI is InChI=1S/C9H17NO3S/c1-2-6-14(12,13)7-4-8-3-5-10-9(8)11/h8H,2-7H2,1H3,(H,10,11). The van der Waals surface area contributed by atoms with E-state index in [1.807, 2.05) is 6.92 Å². The lowest BCUT2D eigenvalue weighted by molar-refractivity contribution is -0.122. The van der Waals surface area contributed by atoms with Crippen LogP contribution in [0.2, 0.25) is 0 Å². The van der Waals surface area contributed by atoms with Gasteiger partial charge in [0.15, 0.2) is 0 Å². The predicted octanol–water partition coefficient (Wildman–Crippen LogP) is 0.337. The Kier molecular flexibility index (Phi) is 3.92. The lowest BCUT2D eigenvalue weighted by Gasteiger charge is -2.06. The summed E-state index contributed by atoms with van der Waals surface area (Å²) in [4.78, 5) is 11.1. The maximum Gasteiger partial charge on any atom is 0.223 e. The Labute approximate surface area is 85.0 Å². The largest absolute Gasteiger partial charge is 0.356 e. The number of sulfone groups is 1. The number of rotatable bonds is 5. The van der Waals surface area contributed by atoms with E-state index in [0.29, 0.717) is 19.4 Å². The summed E-state index contributed by atoms with van der Waals surface area (Å²) < 4.78 is 22.7. The van der Waals surface area contributed by atoms with E-state index in [1.165, 1.54) is 0 Å². The summed E-state index contributed by atoms with van der Waals surface area (Å²) in [5, 5.41) is 2.70. The predicted molar refractivity (Wildman–Crippen MR) is 54.7 cm³/mol. The van der Waals surface area contributed by atoms with Gasteiger partial charge in [-0.3, -0.25) is 4.79 Å². The van der Waals surface area contributed by atoms with Crippen molar-refractivity contribution in [3.63, 3.8) is 0 Å². The SMILES string of the molecule is CCCS(=O)(=O)CCC1CCNC1=O. The number of hydrogen-bond acceptors (Lipinski definition) is 3. The Hall–Kier alpha value is -0.580. The van der Waals surface area contributed by atoms with Crippen LogP contribution in [0.5, 0.6) is 0 Å². The van der Waals surface area contributed by atoms with Gasteiger partial charge in [-0.15, -0.1) is 0 Å². The molecular formula is C9H17NO3S. The van der Waals surface area contributed by atoms with Gasteiger partial charge >= 0.3 is 0 Å². The minimum absolute atomic E-state index is 0.0108. The first-order valence-corrected chi connectivity index (χ1v) is 6.85. The molecule has 1 atom stereocenters. The number of nitrogens with one attached hydrogen (secondary N) is 1. The molecule has 1 aliphatic heterocycles. The molecule has 4 nitrogen and oxygen atoms in total. The van der Waals surface area contributed by atoms with Gasteiger partial charge in [-0.2, -0.15) is 0 Å². The average molecular weight is 219 g/mol. The van der Waals surface area contributed by atoms with Gasteiger partial charge in [0.1, 0.15) is 9.84 Å². The Morgan fingerprint density at radius 1 is 1.43 bits per heavy atom. The molecule has 0 aromatic carbocycles.